The van der Waals surface area contributed by atoms with Crippen molar-refractivity contribution in [3.8, 4) is 0 Å². The molecule has 5 atom stereocenters. The standard InChI is InChI=1S/C10H15.C5H5.Fe/c1-8-6-5-7-9(8)10(2,3)4;1-2-4-5-3-1;/h5-7H,1-4H3;1-5H;. The molecule has 10 heterocycles. The maximum atomic E-state index is 2.87. The molecule has 10 fully saturated rings. The van der Waals surface area contributed by atoms with Gasteiger partial charge in [0.25, 0.3) is 0 Å². The molecule has 16 heavy (non-hydrogen) atoms. The van der Waals surface area contributed by atoms with E-state index in [-0.39, 0.29) is 0 Å². The number of rotatable bonds is 0. The van der Waals surface area contributed by atoms with E-state index in [1.165, 1.54) is 38.5 Å². The third-order valence-electron chi connectivity index (χ3n) is 16.7. The number of hydrogen-bond donors (Lipinski definition) is 0. The zero-order valence-corrected chi connectivity index (χ0v) is 11.6. The Labute approximate surface area is 86.8 Å². The van der Waals surface area contributed by atoms with Gasteiger partial charge < -0.3 is 0 Å². The van der Waals surface area contributed by atoms with Crippen molar-refractivity contribution in [1.82, 2.24) is 0 Å². The van der Waals surface area contributed by atoms with Gasteiger partial charge in [-0.2, -0.15) is 0 Å². The second-order valence-corrected chi connectivity index (χ2v) is 35.8. The van der Waals surface area contributed by atoms with Gasteiger partial charge in [0.05, 0.1) is 0 Å². The minimum absolute atomic E-state index is 0.700. The predicted octanol–water partition coefficient (Wildman–Crippen LogP) is 5.18. The molecule has 5 unspecified atom stereocenters. The summed E-state index contributed by atoms with van der Waals surface area (Å²) < 4.78 is 2.14. The van der Waals surface area contributed by atoms with Gasteiger partial charge in [0.2, 0.25) is 0 Å². The molecular weight excluding hydrogens is 236 g/mol. The van der Waals surface area contributed by atoms with E-state index in [1.54, 1.807) is 0 Å². The van der Waals surface area contributed by atoms with Gasteiger partial charge in [-0.05, 0) is 0 Å². The summed E-state index contributed by atoms with van der Waals surface area (Å²) in [6.07, 6.45) is 0. The topological polar surface area (TPSA) is 0 Å². The summed E-state index contributed by atoms with van der Waals surface area (Å²) in [5, 5.41) is 0. The van der Waals surface area contributed by atoms with E-state index in [9.17, 15) is 0 Å². The van der Waals surface area contributed by atoms with Crippen LogP contribution in [0, 0.1) is 5.41 Å². The molecule has 0 aromatic rings. The summed E-state index contributed by atoms with van der Waals surface area (Å²) in [5.74, 6) is 0. The molecule has 0 bridgehead atoms. The van der Waals surface area contributed by atoms with E-state index in [2.05, 4.69) is 27.7 Å². The van der Waals surface area contributed by atoms with Gasteiger partial charge in [0.1, 0.15) is 0 Å². The van der Waals surface area contributed by atoms with E-state index in [0.717, 1.165) is 8.63 Å². The molecule has 0 amide bonds. The van der Waals surface area contributed by atoms with E-state index in [0.29, 0.717) is 5.41 Å². The summed E-state index contributed by atoms with van der Waals surface area (Å²) in [6, 6.07) is 0. The fourth-order valence-corrected chi connectivity index (χ4v) is 100. The molecule has 10 aliphatic heterocycles. The fraction of sp³-hybridized carbons (Fsp3) is 1.00. The van der Waals surface area contributed by atoms with Crippen molar-refractivity contribution in [2.24, 2.45) is 5.41 Å². The number of hydrogen-bond acceptors (Lipinski definition) is 0. The molecule has 88 valence electrons. The van der Waals surface area contributed by atoms with Gasteiger partial charge in [0, 0.05) is 0 Å². The molecule has 0 N–H and O–H groups in total. The molecule has 0 saturated carbocycles. The zero-order chi connectivity index (χ0) is 10.4. The zero-order valence-electron chi connectivity index (χ0n) is 10.5. The first-order chi connectivity index (χ1) is 7.19. The van der Waals surface area contributed by atoms with E-state index in [1.807, 2.05) is 0 Å². The Kier molecular flexibility index (Phi) is 0.163. The molecule has 1 spiro atoms. The van der Waals surface area contributed by atoms with Crippen LogP contribution in [0.15, 0.2) is 0 Å². The first-order valence-corrected chi connectivity index (χ1v) is 13.6. The monoisotopic (exact) mass is 256 g/mol. The van der Waals surface area contributed by atoms with Crippen LogP contribution in [-0.4, -0.2) is 0 Å². The molecule has 10 rings (SSSR count). The first kappa shape index (κ1) is 6.11. The van der Waals surface area contributed by atoms with E-state index < -0.39 is 6.51 Å². The third kappa shape index (κ3) is 0.0474. The molecule has 0 aromatic carbocycles. The summed E-state index contributed by atoms with van der Waals surface area (Å²) in [4.78, 5) is 11.9. The predicted molar refractivity (Wildman–Crippen MR) is 60.5 cm³/mol. The van der Waals surface area contributed by atoms with Crippen molar-refractivity contribution in [2.45, 2.75) is 74.9 Å². The van der Waals surface area contributed by atoms with Crippen molar-refractivity contribution in [1.29, 1.82) is 0 Å². The van der Waals surface area contributed by atoms with Gasteiger partial charge in [-0.25, -0.2) is 0 Å². The average Bonchev–Trinajstić information content (AvgIpc) is 3.09. The Balaban J connectivity index is 1.83. The van der Waals surface area contributed by atoms with Crippen LogP contribution in [0.4, 0.5) is 0 Å². The van der Waals surface area contributed by atoms with Crippen LogP contribution in [0.1, 0.15) is 27.7 Å². The maximum absolute atomic E-state index is 2.87. The molecular formula is C15H20Fe. The second-order valence-electron chi connectivity index (χ2n) is 12.4. The van der Waals surface area contributed by atoms with E-state index >= 15 is 0 Å². The Hall–Kier alpha value is 0.519. The Morgan fingerprint density at radius 1 is 0.812 bits per heavy atom. The van der Waals surface area contributed by atoms with Crippen LogP contribution in [0.2, 0.25) is 47.2 Å². The Morgan fingerprint density at radius 3 is 1.38 bits per heavy atom. The summed E-state index contributed by atoms with van der Waals surface area (Å²) in [5.41, 5.74) is 0.700. The van der Waals surface area contributed by atoms with E-state index in [4.69, 9.17) is 0 Å². The fourth-order valence-electron chi connectivity index (χ4n) is 20.0. The molecule has 0 aromatic heterocycles. The van der Waals surface area contributed by atoms with Crippen molar-refractivity contribution < 1.29 is 6.51 Å². The molecule has 10 saturated heterocycles. The van der Waals surface area contributed by atoms with Crippen LogP contribution >= 0.6 is 0 Å². The van der Waals surface area contributed by atoms with Crippen molar-refractivity contribution in [2.75, 3.05) is 0 Å². The van der Waals surface area contributed by atoms with Crippen LogP contribution in [-0.2, 0) is 6.51 Å². The SMILES string of the molecule is CC(C)(C)[C]12[CH]3[CH]4[CH]5[C]1(C)[Fe]45321678[CH]2[CH]1[CH]6[CH]7[CH]28. The summed E-state index contributed by atoms with van der Waals surface area (Å²) >= 11 is 0. The normalized spacial score (nSPS) is 132. The van der Waals surface area contributed by atoms with Gasteiger partial charge in [0.15, 0.2) is 0 Å². The Bertz CT molecular complexity index is 951. The first-order valence-electron chi connectivity index (χ1n) is 7.40. The Morgan fingerprint density at radius 2 is 1.31 bits per heavy atom. The van der Waals surface area contributed by atoms with Crippen molar-refractivity contribution in [3.05, 3.63) is 0 Å². The van der Waals surface area contributed by atoms with Crippen LogP contribution in [0.25, 0.3) is 0 Å². The van der Waals surface area contributed by atoms with Crippen LogP contribution < -0.4 is 0 Å². The molecule has 0 radical (unpaired) electrons. The summed E-state index contributed by atoms with van der Waals surface area (Å²) in [6.45, 7) is 7.97. The van der Waals surface area contributed by atoms with Crippen molar-refractivity contribution >= 4 is 0 Å². The van der Waals surface area contributed by atoms with Gasteiger partial charge in [-0.3, -0.25) is 0 Å². The molecule has 1 heteroatoms. The second kappa shape index (κ2) is 0.427. The van der Waals surface area contributed by atoms with Crippen molar-refractivity contribution in [3.63, 3.8) is 0 Å². The van der Waals surface area contributed by atoms with Gasteiger partial charge in [-0.1, -0.05) is 0 Å². The summed E-state index contributed by atoms with van der Waals surface area (Å²) in [7, 11) is 0. The van der Waals surface area contributed by atoms with Crippen LogP contribution in [0.3, 0.4) is 0 Å². The average molecular weight is 256 g/mol. The van der Waals surface area contributed by atoms with Crippen LogP contribution in [0.5, 0.6) is 0 Å². The quantitative estimate of drug-likeness (QED) is 0.524. The van der Waals surface area contributed by atoms with Gasteiger partial charge >= 0.3 is 86.8 Å². The molecule has 0 nitrogen and oxygen atoms in total. The third-order valence-corrected chi connectivity index (χ3v) is 61.4. The molecule has 0 aliphatic carbocycles. The minimum atomic E-state index is -2.85. The molecule has 10 aliphatic rings. The van der Waals surface area contributed by atoms with Gasteiger partial charge in [-0.15, -0.1) is 0 Å². The number of fused-ring (bicyclic) bond motifs is 10.